The summed E-state index contributed by atoms with van der Waals surface area (Å²) in [5, 5.41) is 3.26. The molecular weight excluding hydrogens is 284 g/mol. The van der Waals surface area contributed by atoms with E-state index in [4.69, 9.17) is 10.5 Å². The summed E-state index contributed by atoms with van der Waals surface area (Å²) >= 11 is 1.74. The molecule has 0 amide bonds. The van der Waals surface area contributed by atoms with E-state index in [1.807, 2.05) is 0 Å². The highest BCUT2D eigenvalue weighted by atomic mass is 32.1. The Hall–Kier alpha value is -2.01. The third-order valence-corrected chi connectivity index (χ3v) is 4.40. The number of thiophene rings is 1. The molecule has 0 fully saturated rings. The third-order valence-electron chi connectivity index (χ3n) is 3.25. The summed E-state index contributed by atoms with van der Waals surface area (Å²) in [5.74, 6) is -0.356. The van der Waals surface area contributed by atoms with Crippen molar-refractivity contribution in [1.82, 2.24) is 0 Å². The number of ether oxygens (including phenoxy) is 1. The number of nitrogens with two attached hydrogens (primary N) is 1. The van der Waals surface area contributed by atoms with Gasteiger partial charge in [-0.3, -0.25) is 0 Å². The minimum Gasteiger partial charge on any atom is -0.462 e. The smallest absolute Gasteiger partial charge is 0.340 e. The Morgan fingerprint density at radius 2 is 2.14 bits per heavy atom. The summed E-state index contributed by atoms with van der Waals surface area (Å²) in [4.78, 5) is 14.5. The fraction of sp³-hybridized carbons (Fsp3) is 0.312. The van der Waals surface area contributed by atoms with Gasteiger partial charge >= 0.3 is 5.97 Å². The van der Waals surface area contributed by atoms with Gasteiger partial charge in [-0.2, -0.15) is 0 Å². The van der Waals surface area contributed by atoms with Crippen LogP contribution in [0.25, 0.3) is 0 Å². The minimum atomic E-state index is -0.356. The zero-order valence-electron chi connectivity index (χ0n) is 12.5. The van der Waals surface area contributed by atoms with Crippen LogP contribution in [0.2, 0.25) is 0 Å². The largest absolute Gasteiger partial charge is 0.462 e. The molecule has 0 radical (unpaired) electrons. The van der Waals surface area contributed by atoms with E-state index < -0.39 is 0 Å². The van der Waals surface area contributed by atoms with Crippen LogP contribution in [0.4, 0.5) is 11.4 Å². The lowest BCUT2D eigenvalue weighted by molar-refractivity contribution is 0.0527. The van der Waals surface area contributed by atoms with E-state index in [0.717, 1.165) is 0 Å². The number of esters is 1. The molecule has 2 aromatic rings. The Morgan fingerprint density at radius 3 is 2.76 bits per heavy atom. The first kappa shape index (κ1) is 15.4. The lowest BCUT2D eigenvalue weighted by atomic mass is 10.1. The summed E-state index contributed by atoms with van der Waals surface area (Å²) in [6.45, 7) is 6.96. The molecule has 0 spiro atoms. The fourth-order valence-corrected chi connectivity index (χ4v) is 3.05. The minimum absolute atomic E-state index is 0.344. The van der Waals surface area contributed by atoms with Crippen molar-refractivity contribution in [2.45, 2.75) is 27.3 Å². The number of rotatable bonds is 5. The summed E-state index contributed by atoms with van der Waals surface area (Å²) in [5.41, 5.74) is 8.93. The molecule has 0 atom stereocenters. The Balaban J connectivity index is 2.20. The predicted molar refractivity (Wildman–Crippen MR) is 87.9 cm³/mol. The van der Waals surface area contributed by atoms with Crippen molar-refractivity contribution < 1.29 is 9.53 Å². The zero-order valence-corrected chi connectivity index (χ0v) is 13.3. The van der Waals surface area contributed by atoms with Crippen LogP contribution in [0.1, 0.15) is 32.6 Å². The number of anilines is 2. The molecule has 0 saturated heterocycles. The third kappa shape index (κ3) is 3.55. The maximum absolute atomic E-state index is 12.0. The summed E-state index contributed by atoms with van der Waals surface area (Å²) in [7, 11) is 0. The summed E-state index contributed by atoms with van der Waals surface area (Å²) in [6, 6.07) is 7.40. The second-order valence-corrected chi connectivity index (χ2v) is 6.14. The highest BCUT2D eigenvalue weighted by molar-refractivity contribution is 7.12. The van der Waals surface area contributed by atoms with Gasteiger partial charge in [0.15, 0.2) is 0 Å². The molecule has 0 bridgehead atoms. The molecule has 1 aromatic carbocycles. The van der Waals surface area contributed by atoms with E-state index in [1.54, 1.807) is 36.5 Å². The lowest BCUT2D eigenvalue weighted by Crippen LogP contribution is -2.11. The van der Waals surface area contributed by atoms with Crippen LogP contribution in [0.3, 0.4) is 0 Å². The van der Waals surface area contributed by atoms with Gasteiger partial charge in [0.1, 0.15) is 0 Å². The van der Waals surface area contributed by atoms with Crippen molar-refractivity contribution in [3.8, 4) is 0 Å². The fourth-order valence-electron chi connectivity index (χ4n) is 2.06. The molecule has 0 unspecified atom stereocenters. The van der Waals surface area contributed by atoms with E-state index in [1.165, 1.54) is 15.3 Å². The van der Waals surface area contributed by atoms with Crippen molar-refractivity contribution in [2.24, 2.45) is 0 Å². The van der Waals surface area contributed by atoms with Crippen molar-refractivity contribution in [1.29, 1.82) is 0 Å². The van der Waals surface area contributed by atoms with Crippen LogP contribution in [0.5, 0.6) is 0 Å². The molecule has 0 aliphatic carbocycles. The van der Waals surface area contributed by atoms with Crippen LogP contribution < -0.4 is 11.1 Å². The van der Waals surface area contributed by atoms with Crippen LogP contribution >= 0.6 is 11.3 Å². The Kier molecular flexibility index (Phi) is 4.85. The maximum atomic E-state index is 12.0. The van der Waals surface area contributed by atoms with Gasteiger partial charge in [-0.25, -0.2) is 4.79 Å². The van der Waals surface area contributed by atoms with Crippen LogP contribution in [0.15, 0.2) is 24.3 Å². The zero-order chi connectivity index (χ0) is 15.4. The van der Waals surface area contributed by atoms with Gasteiger partial charge in [0, 0.05) is 16.3 Å². The van der Waals surface area contributed by atoms with E-state index >= 15 is 0 Å². The molecule has 112 valence electrons. The standard InChI is InChI=1S/C16H20N2O2S/c1-4-20-16(19)13-6-5-7-14(17)15(13)18-9-12-8-10(2)11(3)21-12/h5-8,18H,4,9,17H2,1-3H3. The number of hydrogen-bond donors (Lipinski definition) is 2. The normalized spacial score (nSPS) is 10.4. The van der Waals surface area contributed by atoms with Gasteiger partial charge in [-0.1, -0.05) is 6.07 Å². The maximum Gasteiger partial charge on any atom is 0.340 e. The van der Waals surface area contributed by atoms with Gasteiger partial charge in [0.05, 0.1) is 23.5 Å². The number of nitrogens with one attached hydrogen (secondary N) is 1. The predicted octanol–water partition coefficient (Wildman–Crippen LogP) is 3.74. The van der Waals surface area contributed by atoms with Crippen molar-refractivity contribution in [3.05, 3.63) is 45.1 Å². The van der Waals surface area contributed by atoms with Gasteiger partial charge in [-0.15, -0.1) is 11.3 Å². The van der Waals surface area contributed by atoms with E-state index in [9.17, 15) is 4.79 Å². The average molecular weight is 304 g/mol. The van der Waals surface area contributed by atoms with E-state index in [-0.39, 0.29) is 5.97 Å². The first-order chi connectivity index (χ1) is 10.0. The van der Waals surface area contributed by atoms with Crippen LogP contribution in [-0.2, 0) is 11.3 Å². The quantitative estimate of drug-likeness (QED) is 0.652. The molecule has 3 N–H and O–H groups in total. The number of nitrogen functional groups attached to an aromatic ring is 1. The number of aryl methyl sites for hydroxylation is 2. The summed E-state index contributed by atoms with van der Waals surface area (Å²) < 4.78 is 5.07. The molecule has 2 rings (SSSR count). The monoisotopic (exact) mass is 304 g/mol. The molecule has 0 aliphatic heterocycles. The molecular formula is C16H20N2O2S. The van der Waals surface area contributed by atoms with Crippen molar-refractivity contribution in [2.75, 3.05) is 17.7 Å². The average Bonchev–Trinajstić information content (AvgIpc) is 2.76. The Bertz CT molecular complexity index is 630. The first-order valence-electron chi connectivity index (χ1n) is 6.88. The SMILES string of the molecule is CCOC(=O)c1cccc(N)c1NCc1cc(C)c(C)s1. The number of carbonyl (C=O) groups excluding carboxylic acids is 1. The highest BCUT2D eigenvalue weighted by Crippen LogP contribution is 2.27. The second kappa shape index (κ2) is 6.63. The van der Waals surface area contributed by atoms with Gasteiger partial charge in [0.25, 0.3) is 0 Å². The summed E-state index contributed by atoms with van der Waals surface area (Å²) in [6.07, 6.45) is 0. The molecule has 21 heavy (non-hydrogen) atoms. The van der Waals surface area contributed by atoms with E-state index in [2.05, 4.69) is 25.2 Å². The molecule has 0 saturated carbocycles. The lowest BCUT2D eigenvalue weighted by Gasteiger charge is -2.13. The number of carbonyl (C=O) groups is 1. The van der Waals surface area contributed by atoms with Crippen LogP contribution in [0, 0.1) is 13.8 Å². The van der Waals surface area contributed by atoms with Gasteiger partial charge < -0.3 is 15.8 Å². The van der Waals surface area contributed by atoms with Crippen molar-refractivity contribution >= 4 is 28.7 Å². The van der Waals surface area contributed by atoms with Gasteiger partial charge in [0.2, 0.25) is 0 Å². The van der Waals surface area contributed by atoms with Gasteiger partial charge in [-0.05, 0) is 44.5 Å². The molecule has 1 heterocycles. The van der Waals surface area contributed by atoms with E-state index in [0.29, 0.717) is 30.1 Å². The Morgan fingerprint density at radius 1 is 1.38 bits per heavy atom. The molecule has 1 aromatic heterocycles. The molecule has 4 nitrogen and oxygen atoms in total. The Labute approximate surface area is 128 Å². The molecule has 0 aliphatic rings. The first-order valence-corrected chi connectivity index (χ1v) is 7.70. The molecule has 5 heteroatoms. The highest BCUT2D eigenvalue weighted by Gasteiger charge is 2.15. The number of para-hydroxylation sites is 1. The number of hydrogen-bond acceptors (Lipinski definition) is 5. The topological polar surface area (TPSA) is 64.3 Å². The van der Waals surface area contributed by atoms with Crippen molar-refractivity contribution in [3.63, 3.8) is 0 Å². The second-order valence-electron chi connectivity index (χ2n) is 4.80. The number of benzene rings is 1. The van der Waals surface area contributed by atoms with Crippen LogP contribution in [-0.4, -0.2) is 12.6 Å².